The van der Waals surface area contributed by atoms with Gasteiger partial charge >= 0.3 is 38.6 Å². The fraction of sp³-hybridized carbons (Fsp3) is 0. The van der Waals surface area contributed by atoms with Gasteiger partial charge in [0, 0.05) is 17.4 Å². The summed E-state index contributed by atoms with van der Waals surface area (Å²) in [6.07, 6.45) is 0. The van der Waals surface area contributed by atoms with Gasteiger partial charge in [0.05, 0.1) is 0 Å². The first-order valence-corrected chi connectivity index (χ1v) is 14.1. The molecule has 0 rings (SSSR count). The van der Waals surface area contributed by atoms with E-state index < -0.39 is 22.1 Å². The van der Waals surface area contributed by atoms with E-state index in [1.807, 2.05) is 0 Å². The molecule has 0 heterocycles. The largest absolute Gasteiger partial charge is 0 e. The predicted molar refractivity (Wildman–Crippen MR) is 11.7 cm³/mol. The Labute approximate surface area is 55.3 Å². The van der Waals surface area contributed by atoms with Crippen LogP contribution in [0.5, 0.6) is 0 Å². The van der Waals surface area contributed by atoms with Gasteiger partial charge in [-0.3, -0.25) is 0 Å². The molecule has 0 N–H and O–H groups in total. The Morgan fingerprint density at radius 1 is 1.25 bits per heavy atom. The number of halogens is 2. The van der Waals surface area contributed by atoms with Crippen molar-refractivity contribution in [3.05, 3.63) is 0 Å². The van der Waals surface area contributed by atoms with Gasteiger partial charge in [-0.25, -0.2) is 0 Å². The minimum atomic E-state index is -1.14. The number of rotatable bonds is 0. The molecule has 22 valence electrons. The third kappa shape index (κ3) is 8.97. The Morgan fingerprint density at radius 3 is 1.25 bits per heavy atom. The van der Waals surface area contributed by atoms with Crippen LogP contribution < -0.4 is 0 Å². The van der Waals surface area contributed by atoms with Crippen molar-refractivity contribution in [2.45, 2.75) is 0 Å². The smallest absolute Gasteiger partial charge is 0 e. The Morgan fingerprint density at radius 2 is 1.25 bits per heavy atom. The van der Waals surface area contributed by atoms with E-state index in [1.54, 1.807) is 0 Å². The van der Waals surface area contributed by atoms with Gasteiger partial charge in [-0.05, 0) is 0 Å². The van der Waals surface area contributed by atoms with Crippen molar-refractivity contribution in [1.82, 2.24) is 0 Å². The monoisotopic (exact) mass is 324 g/mol. The normalized spacial score (nSPS) is 2.50. The van der Waals surface area contributed by atoms with E-state index in [-0.39, 0.29) is 17.4 Å². The molecule has 0 saturated heterocycles. The third-order valence-corrected chi connectivity index (χ3v) is 0. The van der Waals surface area contributed by atoms with Crippen LogP contribution in [0.15, 0.2) is 0 Å². The maximum Gasteiger partial charge on any atom is 0 e. The molecular weight excluding hydrogens is 323 g/mol. The van der Waals surface area contributed by atoms with Crippen LogP contribution in [0.3, 0.4) is 0 Å². The first-order chi connectivity index (χ1) is 1.41. The van der Waals surface area contributed by atoms with Gasteiger partial charge in [-0.2, -0.15) is 0 Å². The maximum absolute atomic E-state index is 4.99. The van der Waals surface area contributed by atoms with E-state index in [1.165, 1.54) is 0 Å². The Balaban J connectivity index is 0. The molecular formula is Cl2CrHg. The fourth-order valence-electron chi connectivity index (χ4n) is 0. The van der Waals surface area contributed by atoms with E-state index in [0.29, 0.717) is 0 Å². The molecule has 0 fully saturated rings. The molecule has 4 heteroatoms. The summed E-state index contributed by atoms with van der Waals surface area (Å²) in [6.45, 7) is 0. The molecule has 0 atom stereocenters. The molecule has 0 unspecified atom stereocenters. The Kier molecular flexibility index (Phi) is 20.9. The molecule has 0 aromatic rings. The van der Waals surface area contributed by atoms with Crippen molar-refractivity contribution in [2.24, 2.45) is 0 Å². The van der Waals surface area contributed by atoms with Gasteiger partial charge in [0.15, 0.2) is 0 Å². The molecule has 0 nitrogen and oxygen atoms in total. The molecule has 0 aromatic carbocycles. The minimum absolute atomic E-state index is 0. The van der Waals surface area contributed by atoms with Crippen molar-refractivity contribution in [1.29, 1.82) is 0 Å². The standard InChI is InChI=1S/2ClH.Cr.Hg/h2*1H;;/q;;;+2/p-2. The first kappa shape index (κ1) is 9.40. The van der Waals surface area contributed by atoms with Gasteiger partial charge < -0.3 is 0 Å². The van der Waals surface area contributed by atoms with E-state index in [2.05, 4.69) is 0 Å². The molecule has 0 bridgehead atoms. The molecule has 0 aliphatic rings. The molecule has 0 radical (unpaired) electrons. The summed E-state index contributed by atoms with van der Waals surface area (Å²) in [5.41, 5.74) is 0. The third-order valence-electron chi connectivity index (χ3n) is 0. The second-order valence-corrected chi connectivity index (χ2v) is 7.98. The van der Waals surface area contributed by atoms with Crippen LogP contribution in [0, 0.1) is 0 Å². The van der Waals surface area contributed by atoms with Gasteiger partial charge in [0.2, 0.25) is 0 Å². The van der Waals surface area contributed by atoms with Crippen molar-refractivity contribution >= 4 is 16.5 Å². The Hall–Kier alpha value is 2.05. The van der Waals surface area contributed by atoms with Crippen LogP contribution in [0.2, 0.25) is 0 Å². The predicted octanol–water partition coefficient (Wildman–Crippen LogP) is 1.37. The summed E-state index contributed by atoms with van der Waals surface area (Å²) >= 11 is -1.14. The van der Waals surface area contributed by atoms with Gasteiger partial charge in [0.25, 0.3) is 0 Å². The van der Waals surface area contributed by atoms with E-state index in [0.717, 1.165) is 0 Å². The summed E-state index contributed by atoms with van der Waals surface area (Å²) in [5.74, 6) is 0. The fourth-order valence-corrected chi connectivity index (χ4v) is 0. The van der Waals surface area contributed by atoms with E-state index >= 15 is 0 Å². The van der Waals surface area contributed by atoms with Crippen molar-refractivity contribution < 1.29 is 39.5 Å². The summed E-state index contributed by atoms with van der Waals surface area (Å²) in [6, 6.07) is 0. The van der Waals surface area contributed by atoms with Crippen molar-refractivity contribution in [2.75, 3.05) is 0 Å². The Bertz CT molecular complexity index is 6.00. The maximum atomic E-state index is 4.99. The summed E-state index contributed by atoms with van der Waals surface area (Å²) in [7, 11) is 9.97. The molecule has 0 amide bonds. The van der Waals surface area contributed by atoms with Crippen molar-refractivity contribution in [3.8, 4) is 0 Å². The van der Waals surface area contributed by atoms with Crippen LogP contribution in [0.1, 0.15) is 0 Å². The van der Waals surface area contributed by atoms with Crippen LogP contribution in [0.4, 0.5) is 0 Å². The summed E-state index contributed by atoms with van der Waals surface area (Å²) in [4.78, 5) is 0. The zero-order chi connectivity index (χ0) is 2.71. The number of hydrogen-bond acceptors (Lipinski definition) is 0. The SMILES string of the molecule is [Cl][Hg][Cl].[Cr]. The first-order valence-electron chi connectivity index (χ1n) is 0.535. The van der Waals surface area contributed by atoms with E-state index in [9.17, 15) is 0 Å². The molecule has 0 aliphatic heterocycles. The zero-order valence-electron chi connectivity index (χ0n) is 1.87. The summed E-state index contributed by atoms with van der Waals surface area (Å²) < 4.78 is 0. The van der Waals surface area contributed by atoms with Crippen LogP contribution in [0.25, 0.3) is 0 Å². The molecule has 0 aromatic heterocycles. The van der Waals surface area contributed by atoms with Gasteiger partial charge in [-0.1, -0.05) is 0 Å². The molecule has 0 saturated carbocycles. The number of hydrogen-bond donors (Lipinski definition) is 0. The van der Waals surface area contributed by atoms with Crippen LogP contribution >= 0.6 is 16.5 Å². The average Bonchev–Trinajstić information content (AvgIpc) is 0.918. The minimum Gasteiger partial charge on any atom is 0 e. The summed E-state index contributed by atoms with van der Waals surface area (Å²) in [5, 5.41) is 0. The quantitative estimate of drug-likeness (QED) is 0.591. The zero-order valence-corrected chi connectivity index (χ0v) is 10.2. The second kappa shape index (κ2) is 8.90. The van der Waals surface area contributed by atoms with Crippen LogP contribution in [-0.4, -0.2) is 0 Å². The van der Waals surface area contributed by atoms with Gasteiger partial charge in [-0.15, -0.1) is 0 Å². The topological polar surface area (TPSA) is 0 Å². The molecule has 0 spiro atoms. The average molecular weight is 323 g/mol. The van der Waals surface area contributed by atoms with Crippen molar-refractivity contribution in [3.63, 3.8) is 0 Å². The second-order valence-electron chi connectivity index (χ2n) is 0.101. The molecule has 4 heavy (non-hydrogen) atoms. The van der Waals surface area contributed by atoms with Crippen LogP contribution in [-0.2, 0) is 39.5 Å². The van der Waals surface area contributed by atoms with Gasteiger partial charge in [0.1, 0.15) is 0 Å². The van der Waals surface area contributed by atoms with E-state index in [4.69, 9.17) is 16.5 Å². The molecule has 0 aliphatic carbocycles.